The predicted molar refractivity (Wildman–Crippen MR) is 94.9 cm³/mol. The Labute approximate surface area is 142 Å². The molecule has 3 atom stereocenters. The maximum Gasteiger partial charge on any atom is 0.250 e. The quantitative estimate of drug-likeness (QED) is 0.867. The van der Waals surface area contributed by atoms with Gasteiger partial charge in [0.05, 0.1) is 0 Å². The fourth-order valence-electron chi connectivity index (χ4n) is 3.85. The van der Waals surface area contributed by atoms with Gasteiger partial charge < -0.3 is 9.47 Å². The highest BCUT2D eigenvalue weighted by atomic mass is 16.2. The third-order valence-electron chi connectivity index (χ3n) is 5.07. The van der Waals surface area contributed by atoms with E-state index in [2.05, 4.69) is 38.1 Å². The number of hydrogen-bond donors (Lipinski definition) is 0. The molecule has 3 rings (SSSR count). The van der Waals surface area contributed by atoms with E-state index in [1.165, 1.54) is 11.6 Å². The number of amides is 1. The van der Waals surface area contributed by atoms with Crippen molar-refractivity contribution in [3.8, 4) is 0 Å². The highest BCUT2D eigenvalue weighted by Crippen LogP contribution is 2.37. The second-order valence-corrected chi connectivity index (χ2v) is 6.63. The van der Waals surface area contributed by atoms with Crippen molar-refractivity contribution in [3.05, 3.63) is 70.6 Å². The minimum absolute atomic E-state index is 0.0602. The first kappa shape index (κ1) is 16.5. The Bertz CT molecular complexity index is 753. The highest BCUT2D eigenvalue weighted by Gasteiger charge is 2.39. The maximum atomic E-state index is 12.7. The molecular formula is C20H24N2O2. The molecule has 1 aliphatic heterocycles. The molecule has 0 unspecified atom stereocenters. The summed E-state index contributed by atoms with van der Waals surface area (Å²) in [5.41, 5.74) is 1.24. The first-order chi connectivity index (χ1) is 11.6. The maximum absolute atomic E-state index is 12.7. The Morgan fingerprint density at radius 2 is 1.79 bits per heavy atom. The van der Waals surface area contributed by atoms with Crippen LogP contribution in [-0.2, 0) is 11.3 Å². The number of hydrogen-bond acceptors (Lipinski definition) is 2. The third kappa shape index (κ3) is 3.28. The minimum atomic E-state index is -0.0602. The Morgan fingerprint density at radius 1 is 1.08 bits per heavy atom. The van der Waals surface area contributed by atoms with Crippen molar-refractivity contribution in [1.29, 1.82) is 0 Å². The Balaban J connectivity index is 1.69. The van der Waals surface area contributed by atoms with Crippen LogP contribution >= 0.6 is 0 Å². The first-order valence-electron chi connectivity index (χ1n) is 8.59. The molecule has 1 amide bonds. The Morgan fingerprint density at radius 3 is 2.50 bits per heavy atom. The van der Waals surface area contributed by atoms with Crippen LogP contribution in [0.15, 0.2) is 59.5 Å². The molecule has 0 aliphatic carbocycles. The van der Waals surface area contributed by atoms with Gasteiger partial charge in [-0.15, -0.1) is 0 Å². The van der Waals surface area contributed by atoms with E-state index in [1.807, 2.05) is 17.0 Å². The molecule has 4 heteroatoms. The van der Waals surface area contributed by atoms with Crippen LogP contribution in [0.4, 0.5) is 0 Å². The number of carbonyl (C=O) groups is 1. The van der Waals surface area contributed by atoms with E-state index in [9.17, 15) is 9.59 Å². The SMILES string of the molecule is C[C@@H]1C[C@H](c2ccccc2)[C@@H](C)N1C(=O)CCn1ccccc1=O. The predicted octanol–water partition coefficient (Wildman–Crippen LogP) is 3.03. The molecule has 1 aromatic carbocycles. The third-order valence-corrected chi connectivity index (χ3v) is 5.07. The first-order valence-corrected chi connectivity index (χ1v) is 8.59. The Hall–Kier alpha value is -2.36. The van der Waals surface area contributed by atoms with Crippen molar-refractivity contribution in [1.82, 2.24) is 9.47 Å². The molecule has 0 spiro atoms. The van der Waals surface area contributed by atoms with Gasteiger partial charge in [0.25, 0.3) is 5.56 Å². The van der Waals surface area contributed by atoms with E-state index >= 15 is 0 Å². The van der Waals surface area contributed by atoms with Crippen LogP contribution in [0.5, 0.6) is 0 Å². The molecule has 1 fully saturated rings. The van der Waals surface area contributed by atoms with Crippen molar-refractivity contribution in [2.24, 2.45) is 0 Å². The molecule has 24 heavy (non-hydrogen) atoms. The van der Waals surface area contributed by atoms with Gasteiger partial charge in [0.1, 0.15) is 0 Å². The lowest BCUT2D eigenvalue weighted by molar-refractivity contribution is -0.133. The van der Waals surface area contributed by atoms with Gasteiger partial charge in [0.15, 0.2) is 0 Å². The molecule has 0 saturated carbocycles. The van der Waals surface area contributed by atoms with Crippen LogP contribution in [0, 0.1) is 0 Å². The summed E-state index contributed by atoms with van der Waals surface area (Å²) >= 11 is 0. The largest absolute Gasteiger partial charge is 0.337 e. The van der Waals surface area contributed by atoms with Gasteiger partial charge in [-0.25, -0.2) is 0 Å². The standard InChI is InChI=1S/C20H24N2O2/c1-15-14-18(17-8-4-3-5-9-17)16(2)22(15)20(24)11-13-21-12-7-6-10-19(21)23/h3-10,12,15-16,18H,11,13-14H2,1-2H3/t15-,16-,18+/m1/s1. The second-order valence-electron chi connectivity index (χ2n) is 6.63. The number of rotatable bonds is 4. The van der Waals surface area contributed by atoms with Gasteiger partial charge in [-0.1, -0.05) is 36.4 Å². The molecule has 2 aromatic rings. The van der Waals surface area contributed by atoms with Crippen molar-refractivity contribution < 1.29 is 4.79 Å². The van der Waals surface area contributed by atoms with Crippen LogP contribution in [0.3, 0.4) is 0 Å². The summed E-state index contributed by atoms with van der Waals surface area (Å²) in [4.78, 5) is 26.5. The van der Waals surface area contributed by atoms with Gasteiger partial charge >= 0.3 is 0 Å². The van der Waals surface area contributed by atoms with Gasteiger partial charge in [0.2, 0.25) is 5.91 Å². The fourth-order valence-corrected chi connectivity index (χ4v) is 3.85. The zero-order valence-corrected chi connectivity index (χ0v) is 14.3. The smallest absolute Gasteiger partial charge is 0.250 e. The van der Waals surface area contributed by atoms with E-state index in [4.69, 9.17) is 0 Å². The van der Waals surface area contributed by atoms with Crippen LogP contribution in [0.2, 0.25) is 0 Å². The van der Waals surface area contributed by atoms with Gasteiger partial charge in [-0.2, -0.15) is 0 Å². The fraction of sp³-hybridized carbons (Fsp3) is 0.400. The highest BCUT2D eigenvalue weighted by molar-refractivity contribution is 5.77. The van der Waals surface area contributed by atoms with Gasteiger partial charge in [-0.3, -0.25) is 9.59 Å². The molecule has 0 radical (unpaired) electrons. The van der Waals surface area contributed by atoms with Crippen LogP contribution in [0.1, 0.15) is 38.2 Å². The monoisotopic (exact) mass is 324 g/mol. The average molecular weight is 324 g/mol. The molecule has 1 aliphatic rings. The van der Waals surface area contributed by atoms with E-state index in [1.54, 1.807) is 16.8 Å². The zero-order valence-electron chi connectivity index (χ0n) is 14.3. The molecule has 1 aromatic heterocycles. The Kier molecular flexibility index (Phi) is 4.84. The van der Waals surface area contributed by atoms with E-state index in [-0.39, 0.29) is 23.6 Å². The number of aryl methyl sites for hydroxylation is 1. The van der Waals surface area contributed by atoms with Crippen molar-refractivity contribution in [2.75, 3.05) is 0 Å². The van der Waals surface area contributed by atoms with Gasteiger partial charge in [0, 0.05) is 43.2 Å². The molecule has 126 valence electrons. The average Bonchev–Trinajstić information content (AvgIpc) is 2.89. The number of likely N-dealkylation sites (tertiary alicyclic amines) is 1. The molecule has 0 bridgehead atoms. The van der Waals surface area contributed by atoms with Crippen molar-refractivity contribution in [3.63, 3.8) is 0 Å². The lowest BCUT2D eigenvalue weighted by atomic mass is 9.92. The summed E-state index contributed by atoms with van der Waals surface area (Å²) in [5, 5.41) is 0. The number of nitrogens with zero attached hydrogens (tertiary/aromatic N) is 2. The van der Waals surface area contributed by atoms with Crippen LogP contribution < -0.4 is 5.56 Å². The summed E-state index contributed by atoms with van der Waals surface area (Å²) in [6.45, 7) is 4.68. The summed E-state index contributed by atoms with van der Waals surface area (Å²) in [7, 11) is 0. The summed E-state index contributed by atoms with van der Waals surface area (Å²) in [6, 6.07) is 15.9. The number of benzene rings is 1. The molecule has 4 nitrogen and oxygen atoms in total. The summed E-state index contributed by atoms with van der Waals surface area (Å²) in [6.07, 6.45) is 3.08. The van der Waals surface area contributed by atoms with E-state index in [0.717, 1.165) is 6.42 Å². The van der Waals surface area contributed by atoms with E-state index < -0.39 is 0 Å². The second kappa shape index (κ2) is 7.04. The topological polar surface area (TPSA) is 42.3 Å². The van der Waals surface area contributed by atoms with Crippen LogP contribution in [-0.4, -0.2) is 27.5 Å². The summed E-state index contributed by atoms with van der Waals surface area (Å²) in [5.74, 6) is 0.508. The van der Waals surface area contributed by atoms with E-state index in [0.29, 0.717) is 18.9 Å². The van der Waals surface area contributed by atoms with Crippen molar-refractivity contribution in [2.45, 2.75) is 51.2 Å². The molecular weight excluding hydrogens is 300 g/mol. The van der Waals surface area contributed by atoms with Crippen LogP contribution in [0.25, 0.3) is 0 Å². The minimum Gasteiger partial charge on any atom is -0.337 e. The van der Waals surface area contributed by atoms with Gasteiger partial charge in [-0.05, 0) is 31.9 Å². The normalized spacial score (nSPS) is 23.4. The lowest BCUT2D eigenvalue weighted by Gasteiger charge is -2.28. The number of carbonyl (C=O) groups excluding carboxylic acids is 1. The lowest BCUT2D eigenvalue weighted by Crippen LogP contribution is -2.40. The number of pyridine rings is 1. The zero-order chi connectivity index (χ0) is 17.1. The molecule has 1 saturated heterocycles. The summed E-state index contributed by atoms with van der Waals surface area (Å²) < 4.78 is 1.60. The molecule has 2 heterocycles. The molecule has 0 N–H and O–H groups in total. The van der Waals surface area contributed by atoms with Crippen molar-refractivity contribution >= 4 is 5.91 Å². The number of aromatic nitrogens is 1.